The molecule has 4 rings (SSSR count). The van der Waals surface area contributed by atoms with E-state index in [1.54, 1.807) is 0 Å². The van der Waals surface area contributed by atoms with Crippen LogP contribution in [-0.4, -0.2) is 33.6 Å². The Morgan fingerprint density at radius 1 is 1.21 bits per heavy atom. The van der Waals surface area contributed by atoms with Crippen molar-refractivity contribution in [3.63, 3.8) is 0 Å². The Balaban J connectivity index is 1.36. The minimum atomic E-state index is -0.724. The number of hydrogen-bond donors (Lipinski definition) is 3. The average Bonchev–Trinajstić information content (AvgIpc) is 3.21. The summed E-state index contributed by atoms with van der Waals surface area (Å²) in [5, 5.41) is 7.69. The van der Waals surface area contributed by atoms with E-state index in [0.717, 1.165) is 30.2 Å². The summed E-state index contributed by atoms with van der Waals surface area (Å²) in [6.07, 6.45) is 8.37. The Kier molecular flexibility index (Phi) is 3.94. The number of amides is 3. The van der Waals surface area contributed by atoms with Gasteiger partial charge in [-0.15, -0.1) is 0 Å². The number of thiocarbonyl (C=S) groups is 1. The van der Waals surface area contributed by atoms with E-state index in [0.29, 0.717) is 35.8 Å². The number of carbonyl (C=O) groups excluding carboxylic acids is 2. The molecule has 3 amide bonds. The van der Waals surface area contributed by atoms with E-state index >= 15 is 0 Å². The van der Waals surface area contributed by atoms with Crippen molar-refractivity contribution >= 4 is 29.3 Å². The van der Waals surface area contributed by atoms with Crippen LogP contribution in [0.25, 0.3) is 0 Å². The van der Waals surface area contributed by atoms with Gasteiger partial charge in [0.15, 0.2) is 5.11 Å². The zero-order chi connectivity index (χ0) is 16.9. The molecule has 0 unspecified atom stereocenters. The van der Waals surface area contributed by atoms with E-state index in [2.05, 4.69) is 23.0 Å². The normalized spacial score (nSPS) is 41.0. The van der Waals surface area contributed by atoms with Crippen LogP contribution in [0.5, 0.6) is 0 Å². The van der Waals surface area contributed by atoms with Gasteiger partial charge in [0, 0.05) is 6.04 Å². The van der Waals surface area contributed by atoms with Gasteiger partial charge in [-0.2, -0.15) is 5.01 Å². The molecule has 0 aromatic carbocycles. The first-order valence-electron chi connectivity index (χ1n) is 9.21. The van der Waals surface area contributed by atoms with Crippen molar-refractivity contribution < 1.29 is 9.59 Å². The molecule has 4 fully saturated rings. The largest absolute Gasteiger partial charge is 0.358 e. The number of urea groups is 1. The van der Waals surface area contributed by atoms with E-state index < -0.39 is 5.54 Å². The van der Waals surface area contributed by atoms with Crippen molar-refractivity contribution in [2.75, 3.05) is 0 Å². The molecule has 3 atom stereocenters. The molecule has 0 radical (unpaired) electrons. The number of fused-ring (bicyclic) bond motifs is 2. The van der Waals surface area contributed by atoms with Crippen LogP contribution in [0.3, 0.4) is 0 Å². The van der Waals surface area contributed by atoms with E-state index in [9.17, 15) is 9.59 Å². The molecule has 1 aliphatic heterocycles. The number of hydrogen-bond acceptors (Lipinski definition) is 3. The second kappa shape index (κ2) is 5.86. The van der Waals surface area contributed by atoms with Gasteiger partial charge >= 0.3 is 6.03 Å². The summed E-state index contributed by atoms with van der Waals surface area (Å²) in [6.45, 7) is 2.19. The summed E-state index contributed by atoms with van der Waals surface area (Å²) < 4.78 is 0. The van der Waals surface area contributed by atoms with Gasteiger partial charge in [-0.1, -0.05) is 13.3 Å². The van der Waals surface area contributed by atoms with Crippen molar-refractivity contribution in [3.8, 4) is 0 Å². The van der Waals surface area contributed by atoms with Crippen molar-refractivity contribution in [2.45, 2.75) is 69.9 Å². The summed E-state index contributed by atoms with van der Waals surface area (Å²) in [6, 6.07) is 0.000604. The molecule has 3 N–H and O–H groups in total. The fourth-order valence-electron chi connectivity index (χ4n) is 5.04. The highest BCUT2D eigenvalue weighted by atomic mass is 32.1. The lowest BCUT2D eigenvalue weighted by Gasteiger charge is -2.33. The maximum absolute atomic E-state index is 12.8. The number of nitrogens with zero attached hydrogens (tertiary/aromatic N) is 1. The van der Waals surface area contributed by atoms with Gasteiger partial charge in [0.25, 0.3) is 5.91 Å². The minimum Gasteiger partial charge on any atom is -0.358 e. The van der Waals surface area contributed by atoms with E-state index in [-0.39, 0.29) is 11.9 Å². The van der Waals surface area contributed by atoms with Crippen LogP contribution in [0.15, 0.2) is 0 Å². The predicted molar refractivity (Wildman–Crippen MR) is 93.8 cm³/mol. The molecular weight excluding hydrogens is 324 g/mol. The number of carbonyl (C=O) groups is 2. The maximum atomic E-state index is 12.8. The maximum Gasteiger partial charge on any atom is 0.344 e. The molecule has 0 aromatic heterocycles. The molecule has 0 aromatic rings. The van der Waals surface area contributed by atoms with Crippen LogP contribution in [0, 0.1) is 17.8 Å². The highest BCUT2D eigenvalue weighted by Crippen LogP contribution is 2.44. The Labute approximate surface area is 148 Å². The molecule has 1 saturated heterocycles. The molecule has 7 heteroatoms. The first kappa shape index (κ1) is 16.1. The number of imide groups is 1. The molecule has 24 heavy (non-hydrogen) atoms. The molecule has 4 aliphatic rings. The third-order valence-corrected chi connectivity index (χ3v) is 6.77. The first-order valence-corrected chi connectivity index (χ1v) is 9.61. The lowest BCUT2D eigenvalue weighted by molar-refractivity contribution is -0.133. The lowest BCUT2D eigenvalue weighted by Crippen LogP contribution is -2.55. The summed E-state index contributed by atoms with van der Waals surface area (Å²) >= 11 is 5.36. The van der Waals surface area contributed by atoms with Crippen LogP contribution in [0.1, 0.15) is 58.3 Å². The first-order chi connectivity index (χ1) is 11.5. The Hall–Kier alpha value is -1.37. The third kappa shape index (κ3) is 2.66. The number of rotatable bonds is 2. The highest BCUT2D eigenvalue weighted by molar-refractivity contribution is 7.80. The Morgan fingerprint density at radius 3 is 2.58 bits per heavy atom. The van der Waals surface area contributed by atoms with Crippen LogP contribution < -0.4 is 16.1 Å². The van der Waals surface area contributed by atoms with E-state index in [1.165, 1.54) is 19.3 Å². The lowest BCUT2D eigenvalue weighted by atomic mass is 9.77. The minimum absolute atomic E-state index is 0.184. The van der Waals surface area contributed by atoms with Gasteiger partial charge in [-0.25, -0.2) is 4.79 Å². The molecule has 1 spiro atoms. The van der Waals surface area contributed by atoms with Crippen molar-refractivity contribution in [2.24, 2.45) is 17.8 Å². The molecule has 6 nitrogen and oxygen atoms in total. The summed E-state index contributed by atoms with van der Waals surface area (Å²) in [4.78, 5) is 25.1. The molecule has 3 aliphatic carbocycles. The standard InChI is InChI=1S/C17H26N4O2S/c1-10-4-6-17(7-5-10)14(22)21(16(23)19-17)20-15(24)18-13-9-11-2-3-12(13)8-11/h10-13H,2-9H2,1H3,(H,19,23)(H2,18,20,24)/t10?,11-,12-,13+,17?/m0/s1. The van der Waals surface area contributed by atoms with Crippen molar-refractivity contribution in [1.29, 1.82) is 0 Å². The van der Waals surface area contributed by atoms with Gasteiger partial charge in [-0.05, 0) is 74.9 Å². The molecule has 2 bridgehead atoms. The quantitative estimate of drug-likeness (QED) is 0.525. The summed E-state index contributed by atoms with van der Waals surface area (Å²) in [5.41, 5.74) is 2.12. The fourth-order valence-corrected chi connectivity index (χ4v) is 5.28. The second-order valence-corrected chi connectivity index (χ2v) is 8.61. The number of hydrazine groups is 1. The topological polar surface area (TPSA) is 73.5 Å². The van der Waals surface area contributed by atoms with Crippen LogP contribution in [-0.2, 0) is 4.79 Å². The summed E-state index contributed by atoms with van der Waals surface area (Å²) in [7, 11) is 0. The van der Waals surface area contributed by atoms with Crippen LogP contribution >= 0.6 is 12.2 Å². The predicted octanol–water partition coefficient (Wildman–Crippen LogP) is 2.05. The summed E-state index contributed by atoms with van der Waals surface area (Å²) in [5.74, 6) is 1.93. The van der Waals surface area contributed by atoms with Gasteiger partial charge in [0.05, 0.1) is 0 Å². The van der Waals surface area contributed by atoms with Crippen LogP contribution in [0.2, 0.25) is 0 Å². The molecular formula is C17H26N4O2S. The van der Waals surface area contributed by atoms with Crippen molar-refractivity contribution in [3.05, 3.63) is 0 Å². The highest BCUT2D eigenvalue weighted by Gasteiger charge is 2.52. The Morgan fingerprint density at radius 2 is 1.96 bits per heavy atom. The molecule has 1 heterocycles. The third-order valence-electron chi connectivity index (χ3n) is 6.56. The Bertz CT molecular complexity index is 573. The second-order valence-electron chi connectivity index (χ2n) is 8.20. The van der Waals surface area contributed by atoms with Crippen molar-refractivity contribution in [1.82, 2.24) is 21.1 Å². The van der Waals surface area contributed by atoms with E-state index in [4.69, 9.17) is 12.2 Å². The van der Waals surface area contributed by atoms with E-state index in [1.807, 2.05) is 0 Å². The smallest absolute Gasteiger partial charge is 0.344 e. The zero-order valence-corrected chi connectivity index (χ0v) is 15.0. The average molecular weight is 350 g/mol. The van der Waals surface area contributed by atoms with Crippen LogP contribution in [0.4, 0.5) is 4.79 Å². The van der Waals surface area contributed by atoms with Gasteiger partial charge in [0.1, 0.15) is 5.54 Å². The number of nitrogens with one attached hydrogen (secondary N) is 3. The molecule has 3 saturated carbocycles. The molecule has 132 valence electrons. The zero-order valence-electron chi connectivity index (χ0n) is 14.1. The monoisotopic (exact) mass is 350 g/mol. The fraction of sp³-hybridized carbons (Fsp3) is 0.824. The van der Waals surface area contributed by atoms with Gasteiger partial charge < -0.3 is 10.6 Å². The van der Waals surface area contributed by atoms with Gasteiger partial charge in [0.2, 0.25) is 0 Å². The van der Waals surface area contributed by atoms with Gasteiger partial charge in [-0.3, -0.25) is 10.2 Å². The SMILES string of the molecule is CC1CCC2(CC1)NC(=O)N(NC(=S)N[C@@H]1C[C@H]3CC[C@H]1C3)C2=O.